The predicted octanol–water partition coefficient (Wildman–Crippen LogP) is 1.77. The Hall–Kier alpha value is -3.04. The lowest BCUT2D eigenvalue weighted by Crippen LogP contribution is -2.45. The topological polar surface area (TPSA) is 121 Å². The van der Waals surface area contributed by atoms with Gasteiger partial charge in [0, 0.05) is 24.2 Å². The zero-order valence-corrected chi connectivity index (χ0v) is 18.0. The highest BCUT2D eigenvalue weighted by Crippen LogP contribution is 2.13. The number of ketones is 1. The average molecular weight is 444 g/mol. The molecule has 1 aliphatic heterocycles. The smallest absolute Gasteiger partial charge is 0.251 e. The van der Waals surface area contributed by atoms with Gasteiger partial charge in [-0.25, -0.2) is 13.1 Å². The van der Waals surface area contributed by atoms with Crippen LogP contribution in [-0.2, 0) is 21.4 Å². The summed E-state index contributed by atoms with van der Waals surface area (Å²) >= 11 is 0. The van der Waals surface area contributed by atoms with Gasteiger partial charge in [-0.1, -0.05) is 24.3 Å². The summed E-state index contributed by atoms with van der Waals surface area (Å²) in [5.41, 5.74) is 1.50. The molecule has 2 aromatic carbocycles. The zero-order valence-electron chi connectivity index (χ0n) is 17.2. The van der Waals surface area contributed by atoms with E-state index in [4.69, 9.17) is 0 Å². The molecule has 0 bridgehead atoms. The van der Waals surface area contributed by atoms with E-state index in [0.29, 0.717) is 29.7 Å². The second-order valence-electron chi connectivity index (χ2n) is 7.41. The molecule has 1 heterocycles. The molecule has 31 heavy (non-hydrogen) atoms. The molecular weight excluding hydrogens is 418 g/mol. The summed E-state index contributed by atoms with van der Waals surface area (Å²) < 4.78 is 27.4. The number of rotatable bonds is 7. The molecule has 2 aromatic rings. The molecule has 2 amide bonds. The molecule has 8 nitrogen and oxygen atoms in total. The fourth-order valence-electron chi connectivity index (χ4n) is 3.22. The maximum absolute atomic E-state index is 12.4. The first kappa shape index (κ1) is 22.6. The van der Waals surface area contributed by atoms with Gasteiger partial charge in [-0.3, -0.25) is 14.4 Å². The number of Topliss-reactive ketones (excluding diaryl/α,β-unsaturated/α-hetero) is 1. The van der Waals surface area contributed by atoms with Crippen molar-refractivity contribution < 1.29 is 22.8 Å². The third kappa shape index (κ3) is 5.99. The molecule has 0 aliphatic carbocycles. The summed E-state index contributed by atoms with van der Waals surface area (Å²) in [4.78, 5) is 35.8. The van der Waals surface area contributed by atoms with Gasteiger partial charge >= 0.3 is 0 Å². The van der Waals surface area contributed by atoms with Crippen LogP contribution in [0, 0.1) is 0 Å². The minimum atomic E-state index is -3.74. The number of nitrogens with one attached hydrogen (secondary N) is 3. The first-order valence-corrected chi connectivity index (χ1v) is 11.5. The Kier molecular flexibility index (Phi) is 7.19. The van der Waals surface area contributed by atoms with Crippen molar-refractivity contribution in [1.82, 2.24) is 15.4 Å². The monoisotopic (exact) mass is 443 g/mol. The largest absolute Gasteiger partial charge is 0.354 e. The van der Waals surface area contributed by atoms with Gasteiger partial charge in [0.25, 0.3) is 5.91 Å². The molecule has 1 saturated heterocycles. The molecule has 3 rings (SSSR count). The van der Waals surface area contributed by atoms with Crippen molar-refractivity contribution in [3.63, 3.8) is 0 Å². The number of carbonyl (C=O) groups excluding carboxylic acids is 3. The van der Waals surface area contributed by atoms with Gasteiger partial charge in [0.15, 0.2) is 5.78 Å². The Morgan fingerprint density at radius 2 is 1.65 bits per heavy atom. The summed E-state index contributed by atoms with van der Waals surface area (Å²) in [6, 6.07) is 11.7. The molecular formula is C22H25N3O5S. The first-order valence-electron chi connectivity index (χ1n) is 10.0. The van der Waals surface area contributed by atoms with Crippen LogP contribution in [0.4, 0.5) is 0 Å². The number of carbonyl (C=O) groups is 3. The van der Waals surface area contributed by atoms with Crippen molar-refractivity contribution in [2.45, 2.75) is 43.7 Å². The van der Waals surface area contributed by atoms with Crippen molar-refractivity contribution >= 4 is 27.6 Å². The SMILES string of the molecule is CC(=O)c1ccc(S(=O)(=O)NCc2ccc(C(=O)NC3CCCCNC3=O)cc2)cc1. The van der Waals surface area contributed by atoms with E-state index < -0.39 is 16.1 Å². The third-order valence-corrected chi connectivity index (χ3v) is 6.51. The lowest BCUT2D eigenvalue weighted by Gasteiger charge is -2.15. The third-order valence-electron chi connectivity index (χ3n) is 5.09. The van der Waals surface area contributed by atoms with Gasteiger partial charge < -0.3 is 10.6 Å². The van der Waals surface area contributed by atoms with Crippen molar-refractivity contribution in [3.8, 4) is 0 Å². The number of benzene rings is 2. The quantitative estimate of drug-likeness (QED) is 0.563. The summed E-state index contributed by atoms with van der Waals surface area (Å²) in [5, 5.41) is 5.53. The minimum absolute atomic E-state index is 0.0454. The number of sulfonamides is 1. The van der Waals surface area contributed by atoms with Gasteiger partial charge in [-0.2, -0.15) is 0 Å². The molecule has 0 saturated carbocycles. The number of amides is 2. The molecule has 0 aromatic heterocycles. The van der Waals surface area contributed by atoms with Crippen LogP contribution >= 0.6 is 0 Å². The molecule has 164 valence electrons. The molecule has 1 atom stereocenters. The maximum atomic E-state index is 12.4. The van der Waals surface area contributed by atoms with E-state index in [0.717, 1.165) is 12.8 Å². The van der Waals surface area contributed by atoms with Crippen molar-refractivity contribution in [1.29, 1.82) is 0 Å². The van der Waals surface area contributed by atoms with Crippen LogP contribution in [0.25, 0.3) is 0 Å². The van der Waals surface area contributed by atoms with E-state index in [-0.39, 0.29) is 29.0 Å². The zero-order chi connectivity index (χ0) is 22.4. The van der Waals surface area contributed by atoms with Gasteiger partial charge in [0.2, 0.25) is 15.9 Å². The molecule has 0 radical (unpaired) electrons. The number of hydrogen-bond donors (Lipinski definition) is 3. The molecule has 0 spiro atoms. The molecule has 9 heteroatoms. The van der Waals surface area contributed by atoms with Gasteiger partial charge in [0.05, 0.1) is 4.90 Å². The predicted molar refractivity (Wildman–Crippen MR) is 115 cm³/mol. The highest BCUT2D eigenvalue weighted by atomic mass is 32.2. The molecule has 3 N–H and O–H groups in total. The Morgan fingerprint density at radius 3 is 2.29 bits per heavy atom. The van der Waals surface area contributed by atoms with E-state index in [9.17, 15) is 22.8 Å². The Morgan fingerprint density at radius 1 is 1.00 bits per heavy atom. The summed E-state index contributed by atoms with van der Waals surface area (Å²) in [6.07, 6.45) is 2.36. The van der Waals surface area contributed by atoms with E-state index in [1.54, 1.807) is 24.3 Å². The van der Waals surface area contributed by atoms with Crippen LogP contribution in [0.15, 0.2) is 53.4 Å². The Bertz CT molecular complexity index is 1060. The molecule has 1 aliphatic rings. The maximum Gasteiger partial charge on any atom is 0.251 e. The van der Waals surface area contributed by atoms with Crippen molar-refractivity contribution in [2.24, 2.45) is 0 Å². The highest BCUT2D eigenvalue weighted by Gasteiger charge is 2.23. The lowest BCUT2D eigenvalue weighted by atomic mass is 10.1. The van der Waals surface area contributed by atoms with Crippen LogP contribution in [0.5, 0.6) is 0 Å². The molecule has 1 unspecified atom stereocenters. The Labute approximate surface area is 181 Å². The normalized spacial score (nSPS) is 16.8. The van der Waals surface area contributed by atoms with Crippen LogP contribution < -0.4 is 15.4 Å². The van der Waals surface area contributed by atoms with Crippen LogP contribution in [0.3, 0.4) is 0 Å². The second-order valence-corrected chi connectivity index (χ2v) is 9.18. The Balaban J connectivity index is 1.59. The summed E-state index contributed by atoms with van der Waals surface area (Å²) in [7, 11) is -3.74. The molecule has 1 fully saturated rings. The van der Waals surface area contributed by atoms with E-state index in [1.165, 1.54) is 31.2 Å². The minimum Gasteiger partial charge on any atom is -0.354 e. The summed E-state index contributed by atoms with van der Waals surface area (Å²) in [5.74, 6) is -0.659. The van der Waals surface area contributed by atoms with Gasteiger partial charge in [-0.15, -0.1) is 0 Å². The van der Waals surface area contributed by atoms with E-state index >= 15 is 0 Å². The van der Waals surface area contributed by atoms with Crippen molar-refractivity contribution in [3.05, 3.63) is 65.2 Å². The summed E-state index contributed by atoms with van der Waals surface area (Å²) in [6.45, 7) is 2.08. The fourth-order valence-corrected chi connectivity index (χ4v) is 4.24. The van der Waals surface area contributed by atoms with E-state index in [1.807, 2.05) is 0 Å². The van der Waals surface area contributed by atoms with Crippen LogP contribution in [0.2, 0.25) is 0 Å². The first-order chi connectivity index (χ1) is 14.8. The van der Waals surface area contributed by atoms with Gasteiger partial charge in [0.1, 0.15) is 6.04 Å². The van der Waals surface area contributed by atoms with Crippen LogP contribution in [-0.4, -0.2) is 38.6 Å². The lowest BCUT2D eigenvalue weighted by molar-refractivity contribution is -0.122. The number of hydrogen-bond acceptors (Lipinski definition) is 5. The van der Waals surface area contributed by atoms with Gasteiger partial charge in [-0.05, 0) is 56.0 Å². The second kappa shape index (κ2) is 9.84. The fraction of sp³-hybridized carbons (Fsp3) is 0.318. The van der Waals surface area contributed by atoms with E-state index in [2.05, 4.69) is 15.4 Å². The standard InChI is InChI=1S/C22H25N3O5S/c1-15(26)17-9-11-19(12-10-17)31(29,30)24-14-16-5-7-18(8-6-16)21(27)25-20-4-2-3-13-23-22(20)28/h5-12,20,24H,2-4,13-14H2,1H3,(H,23,28)(H,25,27). The highest BCUT2D eigenvalue weighted by molar-refractivity contribution is 7.89. The van der Waals surface area contributed by atoms with Crippen LogP contribution in [0.1, 0.15) is 52.5 Å². The average Bonchev–Trinajstić information content (AvgIpc) is 2.97. The van der Waals surface area contributed by atoms with Crippen molar-refractivity contribution in [2.75, 3.05) is 6.54 Å².